The smallest absolute Gasteiger partial charge is 0.185 e. The molecule has 0 atom stereocenters. The van der Waals surface area contributed by atoms with Crippen molar-refractivity contribution < 1.29 is 4.79 Å². The van der Waals surface area contributed by atoms with Gasteiger partial charge in [-0.25, -0.2) is 0 Å². The zero-order valence-electron chi connectivity index (χ0n) is 9.14. The first-order valence-corrected chi connectivity index (χ1v) is 6.36. The molecular weight excluding hydrogens is 323 g/mol. The highest BCUT2D eigenvalue weighted by molar-refractivity contribution is 14.1. The first-order chi connectivity index (χ1) is 8.25. The second-order valence-electron chi connectivity index (χ2n) is 3.62. The molecule has 17 heavy (non-hydrogen) atoms. The average molecular weight is 334 g/mol. The maximum Gasteiger partial charge on any atom is 0.185 e. The minimum atomic E-state index is 0.0316. The number of hydrogen-bond acceptors (Lipinski definition) is 1. The van der Waals surface area contributed by atoms with Crippen molar-refractivity contribution in [2.45, 2.75) is 0 Å². The lowest BCUT2D eigenvalue weighted by Crippen LogP contribution is -1.92. The molecule has 0 saturated carbocycles. The molecule has 0 aromatic heterocycles. The molecule has 0 bridgehead atoms. The minimum Gasteiger partial charge on any atom is -0.289 e. The summed E-state index contributed by atoms with van der Waals surface area (Å²) in [5, 5.41) is 0. The molecule has 2 heteroatoms. The molecule has 0 heterocycles. The van der Waals surface area contributed by atoms with E-state index in [1.54, 1.807) is 6.08 Å². The third-order valence-corrected chi connectivity index (χ3v) is 3.07. The largest absolute Gasteiger partial charge is 0.289 e. The van der Waals surface area contributed by atoms with Gasteiger partial charge in [0.25, 0.3) is 0 Å². The van der Waals surface area contributed by atoms with Gasteiger partial charge in [-0.3, -0.25) is 4.79 Å². The van der Waals surface area contributed by atoms with Gasteiger partial charge in [0.1, 0.15) is 0 Å². The third kappa shape index (κ3) is 3.53. The highest BCUT2D eigenvalue weighted by Gasteiger charge is 1.98. The summed E-state index contributed by atoms with van der Waals surface area (Å²) in [5.41, 5.74) is 1.75. The Bertz CT molecular complexity index is 527. The first-order valence-electron chi connectivity index (χ1n) is 5.29. The zero-order chi connectivity index (χ0) is 12.1. The molecule has 0 saturated heterocycles. The number of hydrogen-bond donors (Lipinski definition) is 0. The molecule has 0 amide bonds. The summed E-state index contributed by atoms with van der Waals surface area (Å²) in [4.78, 5) is 11.8. The Kier molecular flexibility index (Phi) is 4.09. The molecular formula is C15H11IO. The van der Waals surface area contributed by atoms with Crippen LogP contribution in [-0.4, -0.2) is 5.78 Å². The summed E-state index contributed by atoms with van der Waals surface area (Å²) in [5.74, 6) is 0.0316. The van der Waals surface area contributed by atoms with Crippen LogP contribution in [0.2, 0.25) is 0 Å². The summed E-state index contributed by atoms with van der Waals surface area (Å²) < 4.78 is 1.19. The van der Waals surface area contributed by atoms with Crippen LogP contribution < -0.4 is 0 Å². The van der Waals surface area contributed by atoms with Crippen molar-refractivity contribution >= 4 is 34.5 Å². The number of allylic oxidation sites excluding steroid dienone is 1. The van der Waals surface area contributed by atoms with Crippen molar-refractivity contribution in [3.8, 4) is 0 Å². The molecule has 2 rings (SSSR count). The summed E-state index contributed by atoms with van der Waals surface area (Å²) >= 11 is 2.26. The van der Waals surface area contributed by atoms with Gasteiger partial charge in [0.2, 0.25) is 0 Å². The van der Waals surface area contributed by atoms with E-state index in [1.807, 2.05) is 60.7 Å². The van der Waals surface area contributed by atoms with Gasteiger partial charge in [0.15, 0.2) is 5.78 Å². The summed E-state index contributed by atoms with van der Waals surface area (Å²) in [7, 11) is 0. The van der Waals surface area contributed by atoms with E-state index >= 15 is 0 Å². The van der Waals surface area contributed by atoms with Gasteiger partial charge < -0.3 is 0 Å². The number of ketones is 1. The van der Waals surface area contributed by atoms with Crippen molar-refractivity contribution in [1.29, 1.82) is 0 Å². The summed E-state index contributed by atoms with van der Waals surface area (Å²) in [6, 6.07) is 17.3. The Morgan fingerprint density at radius 2 is 1.59 bits per heavy atom. The zero-order valence-corrected chi connectivity index (χ0v) is 11.3. The lowest BCUT2D eigenvalue weighted by atomic mass is 10.1. The van der Waals surface area contributed by atoms with Crippen molar-refractivity contribution in [2.24, 2.45) is 0 Å². The molecule has 0 fully saturated rings. The lowest BCUT2D eigenvalue weighted by Gasteiger charge is -1.95. The predicted octanol–water partition coefficient (Wildman–Crippen LogP) is 4.19. The number of carbonyl (C=O) groups is 1. The number of rotatable bonds is 3. The van der Waals surface area contributed by atoms with E-state index in [0.717, 1.165) is 5.56 Å². The standard InChI is InChI=1S/C15H11IO/c16-14-9-6-12(7-10-14)8-11-15(17)13-4-2-1-3-5-13/h1-11H/b11-8+. The predicted molar refractivity (Wildman–Crippen MR) is 79.0 cm³/mol. The minimum absolute atomic E-state index is 0.0316. The van der Waals surface area contributed by atoms with Crippen LogP contribution in [0.1, 0.15) is 15.9 Å². The van der Waals surface area contributed by atoms with Gasteiger partial charge in [0.05, 0.1) is 0 Å². The number of halogens is 1. The number of benzene rings is 2. The Hall–Kier alpha value is -1.42. The van der Waals surface area contributed by atoms with Crippen LogP contribution >= 0.6 is 22.6 Å². The molecule has 0 spiro atoms. The van der Waals surface area contributed by atoms with Gasteiger partial charge >= 0.3 is 0 Å². The second-order valence-corrected chi connectivity index (χ2v) is 4.86. The Morgan fingerprint density at radius 3 is 2.24 bits per heavy atom. The van der Waals surface area contributed by atoms with E-state index in [1.165, 1.54) is 3.57 Å². The van der Waals surface area contributed by atoms with Crippen LogP contribution in [0, 0.1) is 3.57 Å². The second kappa shape index (κ2) is 5.77. The monoisotopic (exact) mass is 334 g/mol. The molecule has 1 nitrogen and oxygen atoms in total. The molecule has 0 aliphatic heterocycles. The molecule has 2 aromatic carbocycles. The third-order valence-electron chi connectivity index (χ3n) is 2.36. The molecule has 0 N–H and O–H groups in total. The topological polar surface area (TPSA) is 17.1 Å². The maximum absolute atomic E-state index is 11.8. The van der Waals surface area contributed by atoms with E-state index in [-0.39, 0.29) is 5.78 Å². The highest BCUT2D eigenvalue weighted by atomic mass is 127. The highest BCUT2D eigenvalue weighted by Crippen LogP contribution is 2.09. The van der Waals surface area contributed by atoms with Crippen molar-refractivity contribution in [1.82, 2.24) is 0 Å². The fourth-order valence-electron chi connectivity index (χ4n) is 1.44. The van der Waals surface area contributed by atoms with E-state index in [4.69, 9.17) is 0 Å². The van der Waals surface area contributed by atoms with Crippen molar-refractivity contribution in [3.63, 3.8) is 0 Å². The normalized spacial score (nSPS) is 10.6. The van der Waals surface area contributed by atoms with Gasteiger partial charge in [0, 0.05) is 9.13 Å². The van der Waals surface area contributed by atoms with Crippen LogP contribution in [0.3, 0.4) is 0 Å². The summed E-state index contributed by atoms with van der Waals surface area (Å²) in [6.07, 6.45) is 3.45. The van der Waals surface area contributed by atoms with Crippen LogP contribution in [0.4, 0.5) is 0 Å². The maximum atomic E-state index is 11.8. The van der Waals surface area contributed by atoms with Gasteiger partial charge in [-0.1, -0.05) is 48.5 Å². The van der Waals surface area contributed by atoms with E-state index in [2.05, 4.69) is 22.6 Å². The first kappa shape index (κ1) is 12.0. The van der Waals surface area contributed by atoms with Gasteiger partial charge in [-0.05, 0) is 46.4 Å². The van der Waals surface area contributed by atoms with Crippen molar-refractivity contribution in [2.75, 3.05) is 0 Å². The van der Waals surface area contributed by atoms with E-state index < -0.39 is 0 Å². The Morgan fingerprint density at radius 1 is 0.941 bits per heavy atom. The van der Waals surface area contributed by atoms with E-state index in [0.29, 0.717) is 5.56 Å². The quantitative estimate of drug-likeness (QED) is 0.467. The fourth-order valence-corrected chi connectivity index (χ4v) is 1.80. The molecule has 2 aromatic rings. The van der Waals surface area contributed by atoms with Crippen LogP contribution in [0.25, 0.3) is 6.08 Å². The Balaban J connectivity index is 2.11. The van der Waals surface area contributed by atoms with Crippen LogP contribution in [0.5, 0.6) is 0 Å². The molecule has 84 valence electrons. The summed E-state index contributed by atoms with van der Waals surface area (Å²) in [6.45, 7) is 0. The fraction of sp³-hybridized carbons (Fsp3) is 0. The number of carbonyl (C=O) groups excluding carboxylic acids is 1. The SMILES string of the molecule is O=C(/C=C/c1ccc(I)cc1)c1ccccc1. The molecule has 0 unspecified atom stereocenters. The molecule has 0 aliphatic rings. The average Bonchev–Trinajstić information content (AvgIpc) is 2.39. The van der Waals surface area contributed by atoms with E-state index in [9.17, 15) is 4.79 Å². The van der Waals surface area contributed by atoms with Crippen molar-refractivity contribution in [3.05, 3.63) is 75.4 Å². The Labute approximate surface area is 114 Å². The van der Waals surface area contributed by atoms with Gasteiger partial charge in [-0.15, -0.1) is 0 Å². The lowest BCUT2D eigenvalue weighted by molar-refractivity contribution is 0.104. The van der Waals surface area contributed by atoms with Gasteiger partial charge in [-0.2, -0.15) is 0 Å². The van der Waals surface area contributed by atoms with Crippen LogP contribution in [-0.2, 0) is 0 Å². The van der Waals surface area contributed by atoms with Crippen LogP contribution in [0.15, 0.2) is 60.7 Å². The molecule has 0 radical (unpaired) electrons. The molecule has 0 aliphatic carbocycles.